The van der Waals surface area contributed by atoms with Gasteiger partial charge in [-0.1, -0.05) is 6.07 Å². The smallest absolute Gasteiger partial charge is 0.317 e. The molecule has 1 saturated heterocycles. The number of amides is 2. The zero-order valence-corrected chi connectivity index (χ0v) is 13.2. The average molecular weight is 305 g/mol. The van der Waals surface area contributed by atoms with Crippen LogP contribution in [0.2, 0.25) is 0 Å². The molecule has 2 aliphatic heterocycles. The Morgan fingerprint density at radius 1 is 1.36 bits per heavy atom. The molecule has 3 rings (SSSR count). The van der Waals surface area contributed by atoms with Crippen LogP contribution in [-0.4, -0.2) is 55.9 Å². The Morgan fingerprint density at radius 3 is 3.00 bits per heavy atom. The predicted octanol–water partition coefficient (Wildman–Crippen LogP) is 1.65. The fourth-order valence-corrected chi connectivity index (χ4v) is 2.90. The minimum atomic E-state index is 0.00390. The normalized spacial score (nSPS) is 20.3. The molecule has 0 aromatic heterocycles. The summed E-state index contributed by atoms with van der Waals surface area (Å²) in [6.45, 7) is 2.39. The van der Waals surface area contributed by atoms with E-state index >= 15 is 0 Å². The highest BCUT2D eigenvalue weighted by atomic mass is 16.7. The standard InChI is InChI=1S/C16H23N3O3/c1-18(2)13-4-3-7-19(10-13)16(20)17-9-12-5-6-14-15(8-12)22-11-21-14/h5-6,8,13H,3-4,7,9-11H2,1-2H3,(H,17,20)/t13-/m1/s1. The minimum absolute atomic E-state index is 0.00390. The molecule has 0 spiro atoms. The molecule has 0 unspecified atom stereocenters. The lowest BCUT2D eigenvalue weighted by molar-refractivity contribution is 0.140. The summed E-state index contributed by atoms with van der Waals surface area (Å²) in [5.41, 5.74) is 1.01. The van der Waals surface area contributed by atoms with Crippen LogP contribution in [0, 0.1) is 0 Å². The summed E-state index contributed by atoms with van der Waals surface area (Å²) >= 11 is 0. The molecule has 1 atom stereocenters. The number of carbonyl (C=O) groups is 1. The second kappa shape index (κ2) is 6.44. The van der Waals surface area contributed by atoms with Crippen LogP contribution in [0.1, 0.15) is 18.4 Å². The highest BCUT2D eigenvalue weighted by Gasteiger charge is 2.24. The molecule has 2 amide bonds. The van der Waals surface area contributed by atoms with Crippen LogP contribution in [0.15, 0.2) is 18.2 Å². The molecule has 120 valence electrons. The number of rotatable bonds is 3. The number of likely N-dealkylation sites (N-methyl/N-ethyl adjacent to an activating group) is 1. The van der Waals surface area contributed by atoms with Crippen molar-refractivity contribution in [3.05, 3.63) is 23.8 Å². The van der Waals surface area contributed by atoms with E-state index in [4.69, 9.17) is 9.47 Å². The van der Waals surface area contributed by atoms with Gasteiger partial charge in [0.15, 0.2) is 11.5 Å². The Morgan fingerprint density at radius 2 is 2.18 bits per heavy atom. The number of hydrogen-bond acceptors (Lipinski definition) is 4. The number of piperidine rings is 1. The number of nitrogens with one attached hydrogen (secondary N) is 1. The van der Waals surface area contributed by atoms with Gasteiger partial charge in [0, 0.05) is 25.7 Å². The number of carbonyl (C=O) groups excluding carboxylic acids is 1. The summed E-state index contributed by atoms with van der Waals surface area (Å²) in [6.07, 6.45) is 2.21. The van der Waals surface area contributed by atoms with Crippen molar-refractivity contribution in [2.75, 3.05) is 34.0 Å². The summed E-state index contributed by atoms with van der Waals surface area (Å²) < 4.78 is 10.6. The second-order valence-corrected chi connectivity index (χ2v) is 6.05. The van der Waals surface area contributed by atoms with Gasteiger partial charge in [-0.3, -0.25) is 0 Å². The number of fused-ring (bicyclic) bond motifs is 1. The van der Waals surface area contributed by atoms with Crippen LogP contribution in [0.4, 0.5) is 4.79 Å². The number of ether oxygens (including phenoxy) is 2. The first kappa shape index (κ1) is 15.0. The van der Waals surface area contributed by atoms with Crippen LogP contribution in [0.3, 0.4) is 0 Å². The van der Waals surface area contributed by atoms with Gasteiger partial charge in [0.2, 0.25) is 6.79 Å². The van der Waals surface area contributed by atoms with E-state index in [-0.39, 0.29) is 12.8 Å². The van der Waals surface area contributed by atoms with Crippen LogP contribution in [0.5, 0.6) is 11.5 Å². The first-order valence-corrected chi connectivity index (χ1v) is 7.71. The Labute approximate surface area is 131 Å². The maximum absolute atomic E-state index is 12.3. The second-order valence-electron chi connectivity index (χ2n) is 6.05. The average Bonchev–Trinajstić information content (AvgIpc) is 3.00. The van der Waals surface area contributed by atoms with E-state index in [1.54, 1.807) is 0 Å². The monoisotopic (exact) mass is 305 g/mol. The quantitative estimate of drug-likeness (QED) is 0.922. The first-order valence-electron chi connectivity index (χ1n) is 7.71. The minimum Gasteiger partial charge on any atom is -0.454 e. The zero-order chi connectivity index (χ0) is 15.5. The van der Waals surface area contributed by atoms with Crippen molar-refractivity contribution in [3.8, 4) is 11.5 Å². The van der Waals surface area contributed by atoms with Gasteiger partial charge in [-0.15, -0.1) is 0 Å². The van der Waals surface area contributed by atoms with Gasteiger partial charge < -0.3 is 24.6 Å². The molecule has 6 heteroatoms. The van der Waals surface area contributed by atoms with Gasteiger partial charge in [-0.05, 0) is 44.6 Å². The lowest BCUT2D eigenvalue weighted by Crippen LogP contribution is -2.50. The van der Waals surface area contributed by atoms with Crippen LogP contribution in [0.25, 0.3) is 0 Å². The van der Waals surface area contributed by atoms with E-state index in [1.165, 1.54) is 0 Å². The van der Waals surface area contributed by atoms with Gasteiger partial charge in [0.1, 0.15) is 0 Å². The Balaban J connectivity index is 1.53. The van der Waals surface area contributed by atoms with Crippen molar-refractivity contribution < 1.29 is 14.3 Å². The van der Waals surface area contributed by atoms with Crippen molar-refractivity contribution in [2.24, 2.45) is 0 Å². The molecule has 1 fully saturated rings. The third kappa shape index (κ3) is 3.27. The summed E-state index contributed by atoms with van der Waals surface area (Å²) in [5.74, 6) is 1.51. The summed E-state index contributed by atoms with van der Waals surface area (Å²) in [7, 11) is 4.14. The Hall–Kier alpha value is -1.95. The van der Waals surface area contributed by atoms with E-state index in [2.05, 4.69) is 24.3 Å². The maximum Gasteiger partial charge on any atom is 0.317 e. The SMILES string of the molecule is CN(C)[C@@H]1CCCN(C(=O)NCc2ccc3c(c2)OCO3)C1. The molecule has 22 heavy (non-hydrogen) atoms. The van der Waals surface area contributed by atoms with Crippen molar-refractivity contribution in [1.29, 1.82) is 0 Å². The lowest BCUT2D eigenvalue weighted by Gasteiger charge is -2.36. The van der Waals surface area contributed by atoms with Gasteiger partial charge in [0.25, 0.3) is 0 Å². The molecule has 1 aromatic rings. The lowest BCUT2D eigenvalue weighted by atomic mass is 10.1. The number of nitrogens with zero attached hydrogens (tertiary/aromatic N) is 2. The van der Waals surface area contributed by atoms with E-state index in [1.807, 2.05) is 23.1 Å². The molecular formula is C16H23N3O3. The van der Waals surface area contributed by atoms with Crippen molar-refractivity contribution in [1.82, 2.24) is 15.1 Å². The van der Waals surface area contributed by atoms with E-state index in [9.17, 15) is 4.79 Å². The first-order chi connectivity index (χ1) is 10.6. The molecule has 0 bridgehead atoms. The van der Waals surface area contributed by atoms with E-state index in [0.29, 0.717) is 12.6 Å². The van der Waals surface area contributed by atoms with Gasteiger partial charge in [-0.2, -0.15) is 0 Å². The van der Waals surface area contributed by atoms with Crippen molar-refractivity contribution >= 4 is 6.03 Å². The highest BCUT2D eigenvalue weighted by molar-refractivity contribution is 5.74. The van der Waals surface area contributed by atoms with Crippen LogP contribution in [-0.2, 0) is 6.54 Å². The highest BCUT2D eigenvalue weighted by Crippen LogP contribution is 2.32. The van der Waals surface area contributed by atoms with Crippen LogP contribution < -0.4 is 14.8 Å². The van der Waals surface area contributed by atoms with Crippen molar-refractivity contribution in [3.63, 3.8) is 0 Å². The van der Waals surface area contributed by atoms with E-state index < -0.39 is 0 Å². The topological polar surface area (TPSA) is 54.0 Å². The molecule has 1 N–H and O–H groups in total. The molecule has 1 aromatic carbocycles. The van der Waals surface area contributed by atoms with Gasteiger partial charge >= 0.3 is 6.03 Å². The summed E-state index contributed by atoms with van der Waals surface area (Å²) in [4.78, 5) is 16.4. The van der Waals surface area contributed by atoms with Crippen molar-refractivity contribution in [2.45, 2.75) is 25.4 Å². The molecule has 0 saturated carbocycles. The molecule has 2 heterocycles. The van der Waals surface area contributed by atoms with E-state index in [0.717, 1.165) is 43.0 Å². The van der Waals surface area contributed by atoms with Gasteiger partial charge in [-0.25, -0.2) is 4.79 Å². The molecule has 0 radical (unpaired) electrons. The largest absolute Gasteiger partial charge is 0.454 e. The summed E-state index contributed by atoms with van der Waals surface area (Å²) in [5, 5.41) is 2.99. The fraction of sp³-hybridized carbons (Fsp3) is 0.562. The number of hydrogen-bond donors (Lipinski definition) is 1. The Kier molecular flexibility index (Phi) is 4.38. The third-order valence-corrected chi connectivity index (χ3v) is 4.29. The Bertz CT molecular complexity index is 547. The summed E-state index contributed by atoms with van der Waals surface area (Å²) in [6, 6.07) is 6.20. The molecule has 6 nitrogen and oxygen atoms in total. The number of urea groups is 1. The fourth-order valence-electron chi connectivity index (χ4n) is 2.90. The van der Waals surface area contributed by atoms with Crippen LogP contribution >= 0.6 is 0 Å². The number of benzene rings is 1. The van der Waals surface area contributed by atoms with Gasteiger partial charge in [0.05, 0.1) is 0 Å². The number of likely N-dealkylation sites (tertiary alicyclic amines) is 1. The molecule has 2 aliphatic rings. The third-order valence-electron chi connectivity index (χ3n) is 4.29. The maximum atomic E-state index is 12.3. The predicted molar refractivity (Wildman–Crippen MR) is 83.1 cm³/mol. The zero-order valence-electron chi connectivity index (χ0n) is 13.2. The molecule has 0 aliphatic carbocycles. The molecular weight excluding hydrogens is 282 g/mol.